The van der Waals surface area contributed by atoms with E-state index in [4.69, 9.17) is 5.73 Å². The predicted octanol–water partition coefficient (Wildman–Crippen LogP) is 3.31. The highest BCUT2D eigenvalue weighted by atomic mass is 14.6. The second-order valence-corrected chi connectivity index (χ2v) is 5.11. The molecule has 0 radical (unpaired) electrons. The van der Waals surface area contributed by atoms with Crippen LogP contribution < -0.4 is 5.73 Å². The number of nitrogens with two attached hydrogens (primary N) is 1. The summed E-state index contributed by atoms with van der Waals surface area (Å²) in [6.07, 6.45) is 0. The topological polar surface area (TPSA) is 26.0 Å². The second-order valence-electron chi connectivity index (χ2n) is 5.11. The van der Waals surface area contributed by atoms with E-state index in [-0.39, 0.29) is 11.5 Å². The molecule has 1 rings (SSSR count). The first kappa shape index (κ1) is 11.3. The smallest absolute Gasteiger partial charge is 0.0268 e. The summed E-state index contributed by atoms with van der Waals surface area (Å²) >= 11 is 0. The Morgan fingerprint density at radius 1 is 1.21 bits per heavy atom. The quantitative estimate of drug-likeness (QED) is 0.724. The van der Waals surface area contributed by atoms with Gasteiger partial charge in [0.25, 0.3) is 0 Å². The highest BCUT2D eigenvalue weighted by Crippen LogP contribution is 2.26. The highest BCUT2D eigenvalue weighted by Gasteiger charge is 2.15. The molecule has 1 aromatic rings. The Kier molecular flexibility index (Phi) is 3.01. The van der Waals surface area contributed by atoms with E-state index in [9.17, 15) is 0 Å². The van der Waals surface area contributed by atoms with Crippen LogP contribution in [0.5, 0.6) is 0 Å². The van der Waals surface area contributed by atoms with Gasteiger partial charge < -0.3 is 5.73 Å². The summed E-state index contributed by atoms with van der Waals surface area (Å²) in [7, 11) is 0. The fourth-order valence-electron chi connectivity index (χ4n) is 1.60. The maximum absolute atomic E-state index is 5.93. The van der Waals surface area contributed by atoms with E-state index >= 15 is 0 Å². The lowest BCUT2D eigenvalue weighted by molar-refractivity contribution is 0.588. The van der Waals surface area contributed by atoms with Crippen molar-refractivity contribution in [1.82, 2.24) is 0 Å². The average Bonchev–Trinajstić information content (AvgIpc) is 2.02. The van der Waals surface area contributed by atoms with E-state index < -0.39 is 0 Å². The van der Waals surface area contributed by atoms with Gasteiger partial charge in [0.1, 0.15) is 0 Å². The monoisotopic (exact) mass is 191 g/mol. The van der Waals surface area contributed by atoms with Crippen LogP contribution in [0.2, 0.25) is 0 Å². The molecule has 0 aliphatic heterocycles. The molecule has 78 valence electrons. The second kappa shape index (κ2) is 3.74. The average molecular weight is 191 g/mol. The van der Waals surface area contributed by atoms with Gasteiger partial charge in [-0.1, -0.05) is 39.0 Å². The Balaban J connectivity index is 3.20. The first-order valence-corrected chi connectivity index (χ1v) is 5.19. The molecule has 0 amide bonds. The number of aryl methyl sites for hydroxylation is 1. The van der Waals surface area contributed by atoms with E-state index in [2.05, 4.69) is 45.9 Å². The summed E-state index contributed by atoms with van der Waals surface area (Å²) in [5, 5.41) is 0. The first-order chi connectivity index (χ1) is 6.32. The van der Waals surface area contributed by atoms with E-state index in [1.807, 2.05) is 6.92 Å². The molecular weight excluding hydrogens is 170 g/mol. The minimum Gasteiger partial charge on any atom is -0.324 e. The summed E-state index contributed by atoms with van der Waals surface area (Å²) in [6.45, 7) is 10.8. The van der Waals surface area contributed by atoms with Crippen LogP contribution in [0, 0.1) is 6.92 Å². The van der Waals surface area contributed by atoms with Crippen molar-refractivity contribution in [3.05, 3.63) is 34.9 Å². The van der Waals surface area contributed by atoms with E-state index in [0.29, 0.717) is 0 Å². The minimum absolute atomic E-state index is 0.122. The number of hydrogen-bond acceptors (Lipinski definition) is 1. The van der Waals surface area contributed by atoms with Crippen LogP contribution in [0.4, 0.5) is 0 Å². The van der Waals surface area contributed by atoms with Gasteiger partial charge >= 0.3 is 0 Å². The molecule has 1 nitrogen and oxygen atoms in total. The van der Waals surface area contributed by atoms with Crippen LogP contribution in [0.25, 0.3) is 0 Å². The third-order valence-electron chi connectivity index (χ3n) is 2.64. The number of rotatable bonds is 1. The van der Waals surface area contributed by atoms with Crippen molar-refractivity contribution in [2.75, 3.05) is 0 Å². The fourth-order valence-corrected chi connectivity index (χ4v) is 1.60. The SMILES string of the molecule is Cc1ccc(C(C)(C)C)cc1C(C)N. The van der Waals surface area contributed by atoms with Gasteiger partial charge in [-0.2, -0.15) is 0 Å². The van der Waals surface area contributed by atoms with Gasteiger partial charge in [-0.15, -0.1) is 0 Å². The van der Waals surface area contributed by atoms with Crippen LogP contribution in [-0.4, -0.2) is 0 Å². The first-order valence-electron chi connectivity index (χ1n) is 5.19. The van der Waals surface area contributed by atoms with Gasteiger partial charge in [0.2, 0.25) is 0 Å². The van der Waals surface area contributed by atoms with Crippen LogP contribution >= 0.6 is 0 Å². The molecule has 14 heavy (non-hydrogen) atoms. The van der Waals surface area contributed by atoms with Gasteiger partial charge in [0.05, 0.1) is 0 Å². The van der Waals surface area contributed by atoms with Crippen molar-refractivity contribution in [2.45, 2.75) is 46.1 Å². The molecule has 0 heterocycles. The summed E-state index contributed by atoms with van der Waals surface area (Å²) in [6, 6.07) is 6.72. The summed E-state index contributed by atoms with van der Waals surface area (Å²) < 4.78 is 0. The Bertz CT molecular complexity index is 318. The third-order valence-corrected chi connectivity index (χ3v) is 2.64. The van der Waals surface area contributed by atoms with E-state index in [1.165, 1.54) is 16.7 Å². The molecule has 1 aromatic carbocycles. The predicted molar refractivity (Wildman–Crippen MR) is 62.5 cm³/mol. The van der Waals surface area contributed by atoms with Crippen LogP contribution in [0.3, 0.4) is 0 Å². The van der Waals surface area contributed by atoms with Crippen molar-refractivity contribution < 1.29 is 0 Å². The Labute approximate surface area is 87.3 Å². The van der Waals surface area contributed by atoms with Gasteiger partial charge in [-0.25, -0.2) is 0 Å². The van der Waals surface area contributed by atoms with Crippen molar-refractivity contribution in [2.24, 2.45) is 5.73 Å². The fraction of sp³-hybridized carbons (Fsp3) is 0.538. The molecular formula is C13H21N. The molecule has 0 fully saturated rings. The Hall–Kier alpha value is -0.820. The lowest BCUT2D eigenvalue weighted by atomic mass is 9.84. The zero-order valence-corrected chi connectivity index (χ0v) is 9.89. The van der Waals surface area contributed by atoms with Crippen LogP contribution in [-0.2, 0) is 5.41 Å². The molecule has 2 N–H and O–H groups in total. The van der Waals surface area contributed by atoms with Crippen LogP contribution in [0.15, 0.2) is 18.2 Å². The summed E-state index contributed by atoms with van der Waals surface area (Å²) in [5.41, 5.74) is 10.0. The summed E-state index contributed by atoms with van der Waals surface area (Å²) in [4.78, 5) is 0. The molecule has 0 bridgehead atoms. The van der Waals surface area contributed by atoms with Crippen LogP contribution in [0.1, 0.15) is 50.4 Å². The number of hydrogen-bond donors (Lipinski definition) is 1. The molecule has 1 unspecified atom stereocenters. The van der Waals surface area contributed by atoms with E-state index in [0.717, 1.165) is 0 Å². The number of benzene rings is 1. The molecule has 0 spiro atoms. The van der Waals surface area contributed by atoms with Gasteiger partial charge in [0, 0.05) is 6.04 Å². The highest BCUT2D eigenvalue weighted by molar-refractivity contribution is 5.36. The third kappa shape index (κ3) is 2.36. The Morgan fingerprint density at radius 3 is 2.21 bits per heavy atom. The molecule has 0 saturated heterocycles. The normalized spacial score (nSPS) is 14.1. The molecule has 0 saturated carbocycles. The van der Waals surface area contributed by atoms with Gasteiger partial charge in [0.15, 0.2) is 0 Å². The van der Waals surface area contributed by atoms with Crippen molar-refractivity contribution in [3.8, 4) is 0 Å². The minimum atomic E-state index is 0.122. The maximum Gasteiger partial charge on any atom is 0.0268 e. The maximum atomic E-state index is 5.93. The summed E-state index contributed by atoms with van der Waals surface area (Å²) in [5.74, 6) is 0. The van der Waals surface area contributed by atoms with Crippen molar-refractivity contribution >= 4 is 0 Å². The lowest BCUT2D eigenvalue weighted by Gasteiger charge is -2.21. The molecule has 1 heteroatoms. The largest absolute Gasteiger partial charge is 0.324 e. The molecule has 0 aromatic heterocycles. The van der Waals surface area contributed by atoms with E-state index in [1.54, 1.807) is 0 Å². The lowest BCUT2D eigenvalue weighted by Crippen LogP contribution is -2.14. The molecule has 1 atom stereocenters. The standard InChI is InChI=1S/C13H21N/c1-9-6-7-11(13(3,4)5)8-12(9)10(2)14/h6-8,10H,14H2,1-5H3. The molecule has 0 aliphatic rings. The Morgan fingerprint density at radius 2 is 1.79 bits per heavy atom. The van der Waals surface area contributed by atoms with Crippen molar-refractivity contribution in [3.63, 3.8) is 0 Å². The zero-order valence-electron chi connectivity index (χ0n) is 9.89. The van der Waals surface area contributed by atoms with Gasteiger partial charge in [-0.3, -0.25) is 0 Å². The van der Waals surface area contributed by atoms with Gasteiger partial charge in [-0.05, 0) is 36.0 Å². The van der Waals surface area contributed by atoms with Crippen molar-refractivity contribution in [1.29, 1.82) is 0 Å². The molecule has 0 aliphatic carbocycles. The zero-order chi connectivity index (χ0) is 10.9.